The van der Waals surface area contributed by atoms with Crippen LogP contribution >= 0.6 is 12.2 Å². The molecule has 0 fully saturated rings. The van der Waals surface area contributed by atoms with Gasteiger partial charge < -0.3 is 10.6 Å². The summed E-state index contributed by atoms with van der Waals surface area (Å²) in [7, 11) is 0. The summed E-state index contributed by atoms with van der Waals surface area (Å²) in [6.45, 7) is 8.63. The summed E-state index contributed by atoms with van der Waals surface area (Å²) in [6, 6.07) is 2.19. The molecule has 0 spiro atoms. The van der Waals surface area contributed by atoms with Crippen LogP contribution in [0.2, 0.25) is 0 Å². The topological polar surface area (TPSA) is 42.2 Å². The summed E-state index contributed by atoms with van der Waals surface area (Å²) in [5, 5.41) is 0. The Morgan fingerprint density at radius 1 is 1.38 bits per heavy atom. The van der Waals surface area contributed by atoms with E-state index >= 15 is 0 Å². The average molecular weight is 305 g/mol. The number of nitrogens with two attached hydrogens (primary N) is 1. The fourth-order valence-electron chi connectivity index (χ4n) is 2.92. The highest BCUT2D eigenvalue weighted by atomic mass is 32.1. The zero-order valence-electron chi connectivity index (χ0n) is 13.5. The molecule has 4 heteroatoms. The molecule has 1 unspecified atom stereocenters. The van der Waals surface area contributed by atoms with Gasteiger partial charge >= 0.3 is 0 Å². The number of pyridine rings is 1. The van der Waals surface area contributed by atoms with Gasteiger partial charge in [-0.3, -0.25) is 0 Å². The first kappa shape index (κ1) is 16.2. The van der Waals surface area contributed by atoms with Crippen molar-refractivity contribution in [2.24, 2.45) is 11.7 Å². The first-order valence-corrected chi connectivity index (χ1v) is 8.55. The summed E-state index contributed by atoms with van der Waals surface area (Å²) < 4.78 is 0. The summed E-state index contributed by atoms with van der Waals surface area (Å²) in [6.07, 6.45) is 5.85. The van der Waals surface area contributed by atoms with Crippen LogP contribution in [0.25, 0.3) is 0 Å². The van der Waals surface area contributed by atoms with Crippen molar-refractivity contribution in [2.45, 2.75) is 52.9 Å². The molecule has 1 aromatic heterocycles. The van der Waals surface area contributed by atoms with Crippen LogP contribution in [0.5, 0.6) is 0 Å². The minimum Gasteiger partial charge on any atom is -0.389 e. The second kappa shape index (κ2) is 7.21. The van der Waals surface area contributed by atoms with E-state index in [9.17, 15) is 0 Å². The number of nitrogens with zero attached hydrogens (tertiary/aromatic N) is 2. The Balaban J connectivity index is 2.41. The van der Waals surface area contributed by atoms with Crippen molar-refractivity contribution >= 4 is 23.0 Å². The summed E-state index contributed by atoms with van der Waals surface area (Å²) in [5.74, 6) is 1.63. The normalized spacial score (nSPS) is 15.4. The molecular weight excluding hydrogens is 278 g/mol. The maximum atomic E-state index is 5.97. The molecule has 21 heavy (non-hydrogen) atoms. The molecule has 1 heterocycles. The zero-order valence-corrected chi connectivity index (χ0v) is 14.3. The highest BCUT2D eigenvalue weighted by molar-refractivity contribution is 7.80. The lowest BCUT2D eigenvalue weighted by Crippen LogP contribution is -2.32. The number of fused-ring (bicyclic) bond motifs is 1. The van der Waals surface area contributed by atoms with Crippen molar-refractivity contribution < 1.29 is 0 Å². The van der Waals surface area contributed by atoms with E-state index in [0.29, 0.717) is 10.9 Å². The van der Waals surface area contributed by atoms with Gasteiger partial charge in [0.05, 0.1) is 5.56 Å². The molecule has 0 saturated heterocycles. The Morgan fingerprint density at radius 2 is 2.10 bits per heavy atom. The standard InChI is InChI=1S/C17H27N3S/c1-4-12(3)11-20(5-2)17-14(16(18)21)10-13-8-6-7-9-15(13)19-17/h10,12H,4-9,11H2,1-3H3,(H2,18,21). The van der Waals surface area contributed by atoms with E-state index < -0.39 is 0 Å². The van der Waals surface area contributed by atoms with Gasteiger partial charge in [-0.05, 0) is 50.2 Å². The first-order valence-electron chi connectivity index (χ1n) is 8.14. The molecule has 1 aliphatic rings. The van der Waals surface area contributed by atoms with Crippen molar-refractivity contribution in [1.82, 2.24) is 4.98 Å². The molecule has 0 aliphatic heterocycles. The van der Waals surface area contributed by atoms with Crippen LogP contribution in [0.1, 0.15) is 56.9 Å². The SMILES string of the molecule is CCC(C)CN(CC)c1nc2c(cc1C(N)=S)CCCC2. The predicted octanol–water partition coefficient (Wildman–Crippen LogP) is 3.47. The average Bonchev–Trinajstić information content (AvgIpc) is 2.50. The van der Waals surface area contributed by atoms with E-state index in [1.54, 1.807) is 0 Å². The minimum absolute atomic E-state index is 0.466. The molecule has 0 radical (unpaired) electrons. The molecule has 1 aliphatic carbocycles. The quantitative estimate of drug-likeness (QED) is 0.817. The molecule has 0 bridgehead atoms. The lowest BCUT2D eigenvalue weighted by molar-refractivity contribution is 0.544. The molecule has 0 aromatic carbocycles. The van der Waals surface area contributed by atoms with Crippen LogP contribution in [0.15, 0.2) is 6.07 Å². The fourth-order valence-corrected chi connectivity index (χ4v) is 3.07. The number of aromatic nitrogens is 1. The fraction of sp³-hybridized carbons (Fsp3) is 0.647. The number of rotatable bonds is 6. The van der Waals surface area contributed by atoms with Gasteiger partial charge in [0.25, 0.3) is 0 Å². The first-order chi connectivity index (χ1) is 10.1. The van der Waals surface area contributed by atoms with Gasteiger partial charge in [-0.2, -0.15) is 0 Å². The molecule has 116 valence electrons. The van der Waals surface area contributed by atoms with Crippen LogP contribution in [0.3, 0.4) is 0 Å². The second-order valence-corrected chi connectivity index (χ2v) is 6.53. The van der Waals surface area contributed by atoms with Gasteiger partial charge in [0.1, 0.15) is 10.8 Å². The van der Waals surface area contributed by atoms with E-state index in [2.05, 4.69) is 31.7 Å². The number of hydrogen-bond donors (Lipinski definition) is 1. The summed E-state index contributed by atoms with van der Waals surface area (Å²) in [4.78, 5) is 7.75. The number of anilines is 1. The Hall–Kier alpha value is -1.16. The lowest BCUT2D eigenvalue weighted by atomic mass is 9.94. The number of aryl methyl sites for hydroxylation is 2. The molecule has 2 N–H and O–H groups in total. The van der Waals surface area contributed by atoms with Crippen LogP contribution in [-0.4, -0.2) is 23.1 Å². The minimum atomic E-state index is 0.466. The van der Waals surface area contributed by atoms with Gasteiger partial charge in [-0.15, -0.1) is 0 Å². The van der Waals surface area contributed by atoms with Crippen LogP contribution in [-0.2, 0) is 12.8 Å². The van der Waals surface area contributed by atoms with Gasteiger partial charge in [-0.25, -0.2) is 4.98 Å². The molecular formula is C17H27N3S. The molecule has 1 aromatic rings. The Labute approximate surface area is 133 Å². The summed E-state index contributed by atoms with van der Waals surface area (Å²) >= 11 is 5.27. The van der Waals surface area contributed by atoms with Crippen molar-refractivity contribution in [3.63, 3.8) is 0 Å². The maximum absolute atomic E-state index is 5.97. The van der Waals surface area contributed by atoms with E-state index in [0.717, 1.165) is 37.3 Å². The van der Waals surface area contributed by atoms with E-state index in [-0.39, 0.29) is 0 Å². The largest absolute Gasteiger partial charge is 0.389 e. The van der Waals surface area contributed by atoms with Crippen molar-refractivity contribution in [3.05, 3.63) is 22.9 Å². The van der Waals surface area contributed by atoms with Crippen molar-refractivity contribution in [2.75, 3.05) is 18.0 Å². The number of hydrogen-bond acceptors (Lipinski definition) is 3. The van der Waals surface area contributed by atoms with Gasteiger partial charge in [0.2, 0.25) is 0 Å². The third-order valence-electron chi connectivity index (χ3n) is 4.46. The predicted molar refractivity (Wildman–Crippen MR) is 94.1 cm³/mol. The third kappa shape index (κ3) is 3.73. The van der Waals surface area contributed by atoms with Crippen LogP contribution in [0.4, 0.5) is 5.82 Å². The van der Waals surface area contributed by atoms with Gasteiger partial charge in [0, 0.05) is 18.8 Å². The lowest BCUT2D eigenvalue weighted by Gasteiger charge is -2.29. The Morgan fingerprint density at radius 3 is 2.71 bits per heavy atom. The van der Waals surface area contributed by atoms with Crippen LogP contribution < -0.4 is 10.6 Å². The van der Waals surface area contributed by atoms with Crippen molar-refractivity contribution in [1.29, 1.82) is 0 Å². The van der Waals surface area contributed by atoms with E-state index in [1.807, 2.05) is 0 Å². The van der Waals surface area contributed by atoms with Gasteiger partial charge in [0.15, 0.2) is 0 Å². The zero-order chi connectivity index (χ0) is 15.4. The van der Waals surface area contributed by atoms with Crippen LogP contribution in [0, 0.1) is 5.92 Å². The second-order valence-electron chi connectivity index (χ2n) is 6.09. The molecule has 3 nitrogen and oxygen atoms in total. The number of thiocarbonyl (C=S) groups is 1. The molecule has 0 amide bonds. The highest BCUT2D eigenvalue weighted by Gasteiger charge is 2.20. The maximum Gasteiger partial charge on any atom is 0.139 e. The molecule has 2 rings (SSSR count). The van der Waals surface area contributed by atoms with Crippen molar-refractivity contribution in [3.8, 4) is 0 Å². The van der Waals surface area contributed by atoms with E-state index in [1.165, 1.54) is 30.5 Å². The summed E-state index contributed by atoms with van der Waals surface area (Å²) in [5.41, 5.74) is 9.51. The third-order valence-corrected chi connectivity index (χ3v) is 4.68. The molecule has 1 atom stereocenters. The van der Waals surface area contributed by atoms with Gasteiger partial charge in [-0.1, -0.05) is 32.5 Å². The Bertz CT molecular complexity index is 513. The Kier molecular flexibility index (Phi) is 5.57. The molecule has 0 saturated carbocycles. The monoisotopic (exact) mass is 305 g/mol. The smallest absolute Gasteiger partial charge is 0.139 e. The highest BCUT2D eigenvalue weighted by Crippen LogP contribution is 2.27. The van der Waals surface area contributed by atoms with E-state index in [4.69, 9.17) is 22.9 Å².